The van der Waals surface area contributed by atoms with E-state index in [4.69, 9.17) is 0 Å². The van der Waals surface area contributed by atoms with Crippen LogP contribution in [0.4, 0.5) is 18.9 Å². The number of nitrogens with zero attached hydrogens (tertiary/aromatic N) is 2. The van der Waals surface area contributed by atoms with Crippen LogP contribution in [0, 0.1) is 13.8 Å². The fourth-order valence-corrected chi connectivity index (χ4v) is 2.63. The van der Waals surface area contributed by atoms with Crippen LogP contribution in [0.5, 0.6) is 0 Å². The van der Waals surface area contributed by atoms with Crippen molar-refractivity contribution >= 4 is 17.8 Å². The molecular weight excluding hydrogens is 353 g/mol. The molecule has 0 saturated carbocycles. The first-order valence-electron chi connectivity index (χ1n) is 8.67. The van der Waals surface area contributed by atoms with Crippen LogP contribution in [-0.2, 0) is 12.6 Å². The van der Waals surface area contributed by atoms with Crippen LogP contribution in [0.25, 0.3) is 0 Å². The molecule has 0 aliphatic carbocycles. The molecule has 27 heavy (non-hydrogen) atoms. The van der Waals surface area contributed by atoms with Gasteiger partial charge in [-0.2, -0.15) is 13.2 Å². The molecule has 3 nitrogen and oxygen atoms in total. The lowest BCUT2D eigenvalue weighted by molar-refractivity contribution is -0.137. The van der Waals surface area contributed by atoms with Crippen molar-refractivity contribution in [3.63, 3.8) is 0 Å². The van der Waals surface area contributed by atoms with Crippen LogP contribution in [0.15, 0.2) is 41.4 Å². The van der Waals surface area contributed by atoms with Gasteiger partial charge in [0, 0.05) is 25.6 Å². The average molecular weight is 376 g/mol. The van der Waals surface area contributed by atoms with E-state index < -0.39 is 11.7 Å². The standard InChI is InChI=1S/C21H23F3N2O/c1-5-26(4)13-25-19-10-9-18(14(2)15(19)3)20(27)12-16-7-6-8-17(11-16)21(22,23)24/h6-11,13H,5,12H2,1-4H3. The first-order chi connectivity index (χ1) is 12.6. The second-order valence-corrected chi connectivity index (χ2v) is 6.50. The van der Waals surface area contributed by atoms with Gasteiger partial charge >= 0.3 is 6.18 Å². The third kappa shape index (κ3) is 5.18. The summed E-state index contributed by atoms with van der Waals surface area (Å²) in [6.07, 6.45) is -2.77. The molecule has 144 valence electrons. The van der Waals surface area contributed by atoms with Gasteiger partial charge in [-0.25, -0.2) is 4.99 Å². The molecule has 0 atom stereocenters. The van der Waals surface area contributed by atoms with E-state index in [1.54, 1.807) is 18.5 Å². The lowest BCUT2D eigenvalue weighted by Crippen LogP contribution is -2.14. The van der Waals surface area contributed by atoms with E-state index in [1.165, 1.54) is 12.1 Å². The van der Waals surface area contributed by atoms with E-state index in [-0.39, 0.29) is 12.2 Å². The van der Waals surface area contributed by atoms with Crippen molar-refractivity contribution in [1.82, 2.24) is 4.90 Å². The molecule has 0 saturated heterocycles. The number of halogens is 3. The summed E-state index contributed by atoms with van der Waals surface area (Å²) in [6, 6.07) is 8.35. The maximum atomic E-state index is 12.8. The SMILES string of the molecule is CCN(C)C=Nc1ccc(C(=O)Cc2cccc(C(F)(F)F)c2)c(C)c1C. The zero-order valence-corrected chi connectivity index (χ0v) is 15.9. The molecule has 0 aliphatic heterocycles. The number of rotatable bonds is 6. The average Bonchev–Trinajstić information content (AvgIpc) is 2.62. The first kappa shape index (κ1) is 20.7. The molecule has 6 heteroatoms. The molecular formula is C21H23F3N2O. The maximum absolute atomic E-state index is 12.8. The minimum atomic E-state index is -4.42. The van der Waals surface area contributed by atoms with Gasteiger partial charge in [0.05, 0.1) is 17.6 Å². The number of carbonyl (C=O) groups is 1. The number of hydrogen-bond donors (Lipinski definition) is 0. The highest BCUT2D eigenvalue weighted by atomic mass is 19.4. The van der Waals surface area contributed by atoms with Gasteiger partial charge in [-0.05, 0) is 55.7 Å². The minimum absolute atomic E-state index is 0.0780. The number of alkyl halides is 3. The lowest BCUT2D eigenvalue weighted by Gasteiger charge is -2.13. The van der Waals surface area contributed by atoms with Crippen molar-refractivity contribution in [1.29, 1.82) is 0 Å². The summed E-state index contributed by atoms with van der Waals surface area (Å²) < 4.78 is 38.5. The van der Waals surface area contributed by atoms with Gasteiger partial charge in [0.15, 0.2) is 5.78 Å². The second kappa shape index (κ2) is 8.37. The summed E-state index contributed by atoms with van der Waals surface area (Å²) in [6.45, 7) is 6.56. The van der Waals surface area contributed by atoms with Crippen LogP contribution in [0.3, 0.4) is 0 Å². The van der Waals surface area contributed by atoms with E-state index >= 15 is 0 Å². The normalized spacial score (nSPS) is 11.8. The highest BCUT2D eigenvalue weighted by Crippen LogP contribution is 2.30. The smallest absolute Gasteiger partial charge is 0.366 e. The Bertz CT molecular complexity index is 857. The predicted octanol–water partition coefficient (Wildman–Crippen LogP) is 5.36. The molecule has 0 spiro atoms. The van der Waals surface area contributed by atoms with E-state index in [2.05, 4.69) is 4.99 Å². The van der Waals surface area contributed by atoms with Crippen molar-refractivity contribution in [3.05, 3.63) is 64.2 Å². The van der Waals surface area contributed by atoms with Gasteiger partial charge in [0.25, 0.3) is 0 Å². The molecule has 0 fully saturated rings. The summed E-state index contributed by atoms with van der Waals surface area (Å²) >= 11 is 0. The molecule has 2 aromatic rings. The van der Waals surface area contributed by atoms with Gasteiger partial charge in [-0.1, -0.05) is 18.2 Å². The third-order valence-corrected chi connectivity index (χ3v) is 4.57. The summed E-state index contributed by atoms with van der Waals surface area (Å²) in [5.41, 5.74) is 2.55. The van der Waals surface area contributed by atoms with Crippen molar-refractivity contribution < 1.29 is 18.0 Å². The summed E-state index contributed by atoms with van der Waals surface area (Å²) in [7, 11) is 1.92. The quantitative estimate of drug-likeness (QED) is 0.386. The number of ketones is 1. The fourth-order valence-electron chi connectivity index (χ4n) is 2.63. The van der Waals surface area contributed by atoms with Crippen LogP contribution >= 0.6 is 0 Å². The molecule has 0 aliphatic rings. The summed E-state index contributed by atoms with van der Waals surface area (Å²) in [5, 5.41) is 0. The van der Waals surface area contributed by atoms with Crippen LogP contribution < -0.4 is 0 Å². The van der Waals surface area contributed by atoms with Gasteiger partial charge in [0.2, 0.25) is 0 Å². The number of benzene rings is 2. The van der Waals surface area contributed by atoms with Crippen molar-refractivity contribution in [2.75, 3.05) is 13.6 Å². The minimum Gasteiger partial charge on any atom is -0.366 e. The Balaban J connectivity index is 2.25. The van der Waals surface area contributed by atoms with Crippen molar-refractivity contribution in [2.45, 2.75) is 33.4 Å². The number of carbonyl (C=O) groups excluding carboxylic acids is 1. The van der Waals surface area contributed by atoms with Gasteiger partial charge in [-0.15, -0.1) is 0 Å². The topological polar surface area (TPSA) is 32.7 Å². The molecule has 0 N–H and O–H groups in total. The van der Waals surface area contributed by atoms with Crippen molar-refractivity contribution in [2.24, 2.45) is 4.99 Å². The Morgan fingerprint density at radius 1 is 1.15 bits per heavy atom. The number of hydrogen-bond acceptors (Lipinski definition) is 2. The van der Waals surface area contributed by atoms with Crippen molar-refractivity contribution in [3.8, 4) is 0 Å². The Labute approximate surface area is 157 Å². The molecule has 0 bridgehead atoms. The monoisotopic (exact) mass is 376 g/mol. The van der Waals surface area contributed by atoms with E-state index in [9.17, 15) is 18.0 Å². The van der Waals surface area contributed by atoms with Crippen LogP contribution in [-0.4, -0.2) is 30.6 Å². The Kier molecular flexibility index (Phi) is 6.41. The molecule has 0 heterocycles. The predicted molar refractivity (Wildman–Crippen MR) is 102 cm³/mol. The zero-order chi connectivity index (χ0) is 20.2. The van der Waals surface area contributed by atoms with Crippen LogP contribution in [0.1, 0.15) is 39.5 Å². The van der Waals surface area contributed by atoms with E-state index in [1.807, 2.05) is 32.7 Å². The largest absolute Gasteiger partial charge is 0.416 e. The number of aliphatic imine (C=N–C) groups is 1. The Morgan fingerprint density at radius 2 is 1.85 bits per heavy atom. The molecule has 0 aromatic heterocycles. The fraction of sp³-hybridized carbons (Fsp3) is 0.333. The van der Waals surface area contributed by atoms with Gasteiger partial charge in [0.1, 0.15) is 0 Å². The zero-order valence-electron chi connectivity index (χ0n) is 15.9. The van der Waals surface area contributed by atoms with E-state index in [0.29, 0.717) is 11.1 Å². The summed E-state index contributed by atoms with van der Waals surface area (Å²) in [5.74, 6) is -0.212. The molecule has 2 aromatic carbocycles. The van der Waals surface area contributed by atoms with Gasteiger partial charge in [-0.3, -0.25) is 4.79 Å². The molecule has 0 unspecified atom stereocenters. The molecule has 0 amide bonds. The first-order valence-corrected chi connectivity index (χ1v) is 8.67. The number of Topliss-reactive ketones (excluding diaryl/α,β-unsaturated/α-hetero) is 1. The molecule has 0 radical (unpaired) electrons. The Hall–Kier alpha value is -2.63. The van der Waals surface area contributed by atoms with Crippen LogP contribution in [0.2, 0.25) is 0 Å². The second-order valence-electron chi connectivity index (χ2n) is 6.50. The third-order valence-electron chi connectivity index (χ3n) is 4.57. The Morgan fingerprint density at radius 3 is 2.48 bits per heavy atom. The molecule has 2 rings (SSSR count). The van der Waals surface area contributed by atoms with E-state index in [0.717, 1.165) is 35.5 Å². The van der Waals surface area contributed by atoms with Gasteiger partial charge < -0.3 is 4.90 Å². The highest BCUT2D eigenvalue weighted by Gasteiger charge is 2.30. The maximum Gasteiger partial charge on any atom is 0.416 e. The lowest BCUT2D eigenvalue weighted by atomic mass is 9.95. The summed E-state index contributed by atoms with van der Waals surface area (Å²) in [4.78, 5) is 19.0. The highest BCUT2D eigenvalue weighted by molar-refractivity contribution is 5.99.